The highest BCUT2D eigenvalue weighted by molar-refractivity contribution is 5.84. The summed E-state index contributed by atoms with van der Waals surface area (Å²) in [7, 11) is 1.69. The van der Waals surface area contributed by atoms with Crippen molar-refractivity contribution in [3.05, 3.63) is 71.4 Å². The van der Waals surface area contributed by atoms with Gasteiger partial charge in [0.05, 0.1) is 24.9 Å². The van der Waals surface area contributed by atoms with E-state index in [1.165, 1.54) is 16.8 Å². The third-order valence-corrected chi connectivity index (χ3v) is 5.88. The van der Waals surface area contributed by atoms with Crippen LogP contribution in [-0.2, 0) is 13.0 Å². The molecule has 2 atom stereocenters. The van der Waals surface area contributed by atoms with Crippen LogP contribution in [0.4, 0.5) is 11.5 Å². The third-order valence-electron chi connectivity index (χ3n) is 5.88. The van der Waals surface area contributed by atoms with E-state index >= 15 is 0 Å². The van der Waals surface area contributed by atoms with E-state index in [-0.39, 0.29) is 12.2 Å². The van der Waals surface area contributed by atoms with E-state index in [1.807, 2.05) is 17.0 Å². The summed E-state index contributed by atoms with van der Waals surface area (Å²) in [5.74, 6) is 1.92. The molecule has 0 radical (unpaired) electrons. The molecule has 2 aliphatic heterocycles. The Kier molecular flexibility index (Phi) is 4.55. The molecule has 5 N–H and O–H groups in total. The summed E-state index contributed by atoms with van der Waals surface area (Å²) in [6.45, 7) is 1.55. The number of aliphatic imine (C=N–C) groups is 1. The van der Waals surface area contributed by atoms with Crippen molar-refractivity contribution in [3.63, 3.8) is 0 Å². The molecule has 0 spiro atoms. The smallest absolute Gasteiger partial charge is 0.199 e. The fourth-order valence-electron chi connectivity index (χ4n) is 4.46. The standard InChI is InChI=1S/C22H25N7O/c1-30-17-7-4-5-14(9-17)12-28-13-16(10-15-6-2-3-8-19(15)28)29-20(23)18-11-25-27-21(18)26-22(29)24/h2-9,11,16,20H,10,12-13,23H2,1H3,(H3,24,25,26,27). The molecule has 0 saturated carbocycles. The number of hydrogen-bond donors (Lipinski definition) is 3. The van der Waals surface area contributed by atoms with Crippen molar-refractivity contribution in [2.45, 2.75) is 25.2 Å². The van der Waals surface area contributed by atoms with Crippen molar-refractivity contribution in [3.8, 4) is 5.75 Å². The van der Waals surface area contributed by atoms with Crippen LogP contribution in [0.15, 0.2) is 59.7 Å². The molecule has 2 aromatic carbocycles. The average molecular weight is 403 g/mol. The predicted molar refractivity (Wildman–Crippen MR) is 117 cm³/mol. The maximum Gasteiger partial charge on any atom is 0.199 e. The molecule has 154 valence electrons. The number of para-hydroxylation sites is 1. The van der Waals surface area contributed by atoms with E-state index in [0.717, 1.165) is 30.8 Å². The maximum absolute atomic E-state index is 6.58. The Labute approximate surface area is 175 Å². The normalized spacial score (nSPS) is 20.4. The molecule has 2 aliphatic rings. The lowest BCUT2D eigenvalue weighted by atomic mass is 9.95. The summed E-state index contributed by atoms with van der Waals surface area (Å²) in [4.78, 5) is 8.89. The number of aromatic amines is 1. The first-order valence-electron chi connectivity index (χ1n) is 10.0. The first-order chi connectivity index (χ1) is 14.6. The Morgan fingerprint density at radius 3 is 2.93 bits per heavy atom. The molecular weight excluding hydrogens is 378 g/mol. The lowest BCUT2D eigenvalue weighted by molar-refractivity contribution is 0.229. The quantitative estimate of drug-likeness (QED) is 0.617. The van der Waals surface area contributed by atoms with Gasteiger partial charge in [0, 0.05) is 18.8 Å². The summed E-state index contributed by atoms with van der Waals surface area (Å²) in [5, 5.41) is 6.94. The maximum atomic E-state index is 6.58. The van der Waals surface area contributed by atoms with Crippen molar-refractivity contribution < 1.29 is 4.74 Å². The largest absolute Gasteiger partial charge is 0.497 e. The monoisotopic (exact) mass is 403 g/mol. The van der Waals surface area contributed by atoms with E-state index in [2.05, 4.69) is 56.5 Å². The molecule has 0 saturated heterocycles. The molecule has 8 heteroatoms. The number of benzene rings is 2. The van der Waals surface area contributed by atoms with Gasteiger partial charge >= 0.3 is 0 Å². The second-order valence-electron chi connectivity index (χ2n) is 7.71. The third kappa shape index (κ3) is 3.15. The van der Waals surface area contributed by atoms with Gasteiger partial charge in [-0.15, -0.1) is 0 Å². The molecular formula is C22H25N7O. The van der Waals surface area contributed by atoms with Crippen LogP contribution in [0.5, 0.6) is 5.75 Å². The first-order valence-corrected chi connectivity index (χ1v) is 10.0. The van der Waals surface area contributed by atoms with Crippen molar-refractivity contribution in [1.82, 2.24) is 15.1 Å². The number of nitrogens with one attached hydrogen (secondary N) is 1. The Balaban J connectivity index is 1.47. The molecule has 3 heterocycles. The fraction of sp³-hybridized carbons (Fsp3) is 0.273. The molecule has 2 unspecified atom stereocenters. The van der Waals surface area contributed by atoms with Crippen molar-refractivity contribution in [2.24, 2.45) is 16.5 Å². The number of nitrogens with two attached hydrogens (primary N) is 2. The lowest BCUT2D eigenvalue weighted by Gasteiger charge is -2.44. The van der Waals surface area contributed by atoms with Crippen LogP contribution in [0.3, 0.4) is 0 Å². The first kappa shape index (κ1) is 18.5. The highest BCUT2D eigenvalue weighted by Gasteiger charge is 2.36. The van der Waals surface area contributed by atoms with Crippen molar-refractivity contribution in [1.29, 1.82) is 0 Å². The van der Waals surface area contributed by atoms with Gasteiger partial charge in [0.25, 0.3) is 0 Å². The summed E-state index contributed by atoms with van der Waals surface area (Å²) >= 11 is 0. The van der Waals surface area contributed by atoms with Gasteiger partial charge in [0.2, 0.25) is 0 Å². The van der Waals surface area contributed by atoms with E-state index in [1.54, 1.807) is 13.3 Å². The van der Waals surface area contributed by atoms with Gasteiger partial charge in [-0.3, -0.25) is 5.10 Å². The van der Waals surface area contributed by atoms with E-state index in [4.69, 9.17) is 16.2 Å². The highest BCUT2D eigenvalue weighted by atomic mass is 16.5. The fourth-order valence-corrected chi connectivity index (χ4v) is 4.46. The van der Waals surface area contributed by atoms with Gasteiger partial charge in [0.1, 0.15) is 11.9 Å². The zero-order valence-corrected chi connectivity index (χ0v) is 16.8. The zero-order valence-electron chi connectivity index (χ0n) is 16.8. The number of guanidine groups is 1. The number of hydrogen-bond acceptors (Lipinski definition) is 7. The number of rotatable bonds is 4. The minimum atomic E-state index is -0.384. The van der Waals surface area contributed by atoms with Gasteiger partial charge in [-0.1, -0.05) is 30.3 Å². The minimum absolute atomic E-state index is 0.0901. The molecule has 1 aromatic heterocycles. The van der Waals surface area contributed by atoms with Crippen LogP contribution in [0.25, 0.3) is 0 Å². The molecule has 0 amide bonds. The van der Waals surface area contributed by atoms with Gasteiger partial charge in [-0.25, -0.2) is 0 Å². The Hall–Kier alpha value is -3.52. The topological polar surface area (TPSA) is 109 Å². The van der Waals surface area contributed by atoms with Crippen LogP contribution in [-0.4, -0.2) is 40.8 Å². The number of aromatic nitrogens is 2. The number of ether oxygens (including phenoxy) is 1. The second kappa shape index (κ2) is 7.38. The molecule has 30 heavy (non-hydrogen) atoms. The molecule has 8 nitrogen and oxygen atoms in total. The summed E-state index contributed by atoms with van der Waals surface area (Å²) in [6, 6.07) is 16.8. The van der Waals surface area contributed by atoms with E-state index in [0.29, 0.717) is 11.8 Å². The zero-order chi connectivity index (χ0) is 20.7. The Bertz CT molecular complexity index is 1090. The van der Waals surface area contributed by atoms with Crippen molar-refractivity contribution in [2.75, 3.05) is 18.6 Å². The molecule has 0 fully saturated rings. The van der Waals surface area contributed by atoms with Crippen LogP contribution in [0, 0.1) is 0 Å². The highest BCUT2D eigenvalue weighted by Crippen LogP contribution is 2.35. The number of nitrogens with zero attached hydrogens (tertiary/aromatic N) is 4. The van der Waals surface area contributed by atoms with Crippen molar-refractivity contribution >= 4 is 17.5 Å². The van der Waals surface area contributed by atoms with E-state index < -0.39 is 0 Å². The van der Waals surface area contributed by atoms with Gasteiger partial charge < -0.3 is 26.0 Å². The molecule has 0 aliphatic carbocycles. The minimum Gasteiger partial charge on any atom is -0.497 e. The SMILES string of the molecule is COc1cccc(CN2CC(N3C(N)=Nc4[nH]ncc4C3N)Cc3ccccc32)c1. The predicted octanol–water partition coefficient (Wildman–Crippen LogP) is 2.27. The summed E-state index contributed by atoms with van der Waals surface area (Å²) in [5.41, 5.74) is 17.5. The summed E-state index contributed by atoms with van der Waals surface area (Å²) < 4.78 is 5.40. The summed E-state index contributed by atoms with van der Waals surface area (Å²) in [6.07, 6.45) is 2.19. The lowest BCUT2D eigenvalue weighted by Crippen LogP contribution is -2.56. The number of fused-ring (bicyclic) bond motifs is 2. The van der Waals surface area contributed by atoms with Crippen LogP contribution >= 0.6 is 0 Å². The number of H-pyrrole nitrogens is 1. The van der Waals surface area contributed by atoms with Crippen LogP contribution in [0.1, 0.15) is 22.9 Å². The second-order valence-corrected chi connectivity index (χ2v) is 7.71. The van der Waals surface area contributed by atoms with Gasteiger partial charge in [0.15, 0.2) is 11.8 Å². The van der Waals surface area contributed by atoms with Crippen LogP contribution in [0.2, 0.25) is 0 Å². The Morgan fingerprint density at radius 2 is 2.07 bits per heavy atom. The number of methoxy groups -OCH3 is 1. The molecule has 0 bridgehead atoms. The van der Waals surface area contributed by atoms with Crippen LogP contribution < -0.4 is 21.1 Å². The van der Waals surface area contributed by atoms with Gasteiger partial charge in [-0.2, -0.15) is 10.1 Å². The Morgan fingerprint density at radius 1 is 1.20 bits per heavy atom. The number of anilines is 1. The van der Waals surface area contributed by atoms with Gasteiger partial charge in [-0.05, 0) is 35.7 Å². The van der Waals surface area contributed by atoms with E-state index in [9.17, 15) is 0 Å². The molecule has 3 aromatic rings. The average Bonchev–Trinajstić information content (AvgIpc) is 3.23. The molecule has 5 rings (SSSR count).